The Hall–Kier alpha value is -4.30. The molecule has 202 valence electrons. The van der Waals surface area contributed by atoms with E-state index in [-0.39, 0.29) is 17.3 Å². The summed E-state index contributed by atoms with van der Waals surface area (Å²) in [6.07, 6.45) is 5.57. The number of para-hydroxylation sites is 1. The van der Waals surface area contributed by atoms with Crippen LogP contribution >= 0.6 is 11.3 Å². The van der Waals surface area contributed by atoms with Gasteiger partial charge in [0.2, 0.25) is 0 Å². The van der Waals surface area contributed by atoms with Crippen LogP contribution in [-0.2, 0) is 4.79 Å². The summed E-state index contributed by atoms with van der Waals surface area (Å²) < 4.78 is 15.9. The van der Waals surface area contributed by atoms with E-state index in [4.69, 9.17) is 0 Å². The van der Waals surface area contributed by atoms with Gasteiger partial charge in [0.25, 0.3) is 11.5 Å². The fourth-order valence-electron chi connectivity index (χ4n) is 5.38. The maximum atomic E-state index is 13.9. The number of anilines is 2. The first kappa shape index (κ1) is 26.0. The van der Waals surface area contributed by atoms with E-state index in [1.165, 1.54) is 48.4 Å². The number of rotatable bonds is 5. The predicted octanol–water partition coefficient (Wildman–Crippen LogP) is 5.00. The summed E-state index contributed by atoms with van der Waals surface area (Å²) in [7, 11) is 0. The van der Waals surface area contributed by atoms with Crippen molar-refractivity contribution in [1.82, 2.24) is 4.57 Å². The zero-order chi connectivity index (χ0) is 27.6. The summed E-state index contributed by atoms with van der Waals surface area (Å²) in [5.74, 6) is -0.746. The smallest absolute Gasteiger partial charge is 0.271 e. The molecule has 8 heteroatoms. The van der Waals surface area contributed by atoms with E-state index < -0.39 is 6.04 Å². The van der Waals surface area contributed by atoms with Gasteiger partial charge in [-0.1, -0.05) is 53.8 Å². The molecule has 1 fully saturated rings. The van der Waals surface area contributed by atoms with E-state index in [9.17, 15) is 14.0 Å². The third kappa shape index (κ3) is 5.14. The number of thiazole rings is 1. The molecule has 0 aliphatic carbocycles. The van der Waals surface area contributed by atoms with Gasteiger partial charge in [-0.3, -0.25) is 14.2 Å². The van der Waals surface area contributed by atoms with E-state index in [0.717, 1.165) is 18.7 Å². The SMILES string of the molecule is CC1=C(C(=O)Nc2ccccc2)[C@H](c2ccc(F)cc2)n2c(s/c(=C/c3ccc(N4CCCCC4)cc3)c2=O)=N1. The second kappa shape index (κ2) is 11.1. The number of aromatic nitrogens is 1. The van der Waals surface area contributed by atoms with Gasteiger partial charge in [-0.2, -0.15) is 0 Å². The van der Waals surface area contributed by atoms with E-state index in [1.54, 1.807) is 35.8 Å². The minimum Gasteiger partial charge on any atom is -0.372 e. The van der Waals surface area contributed by atoms with E-state index >= 15 is 0 Å². The van der Waals surface area contributed by atoms with E-state index in [0.29, 0.717) is 31.9 Å². The van der Waals surface area contributed by atoms with Crippen molar-refractivity contribution in [1.29, 1.82) is 0 Å². The molecule has 6 nitrogen and oxygen atoms in total. The van der Waals surface area contributed by atoms with Gasteiger partial charge in [0.15, 0.2) is 4.80 Å². The first-order chi connectivity index (χ1) is 19.5. The highest BCUT2D eigenvalue weighted by Crippen LogP contribution is 2.31. The Morgan fingerprint density at radius 3 is 2.38 bits per heavy atom. The van der Waals surface area contributed by atoms with Crippen LogP contribution in [0.3, 0.4) is 0 Å². The number of amides is 1. The van der Waals surface area contributed by atoms with Gasteiger partial charge in [-0.25, -0.2) is 9.38 Å². The maximum Gasteiger partial charge on any atom is 0.271 e. The highest BCUT2D eigenvalue weighted by atomic mass is 32.1. The monoisotopic (exact) mass is 552 g/mol. The Kier molecular flexibility index (Phi) is 7.17. The van der Waals surface area contributed by atoms with Crippen LogP contribution in [0, 0.1) is 5.82 Å². The van der Waals surface area contributed by atoms with Crippen molar-refractivity contribution in [3.63, 3.8) is 0 Å². The molecule has 1 saturated heterocycles. The van der Waals surface area contributed by atoms with Gasteiger partial charge in [-0.15, -0.1) is 0 Å². The molecule has 0 unspecified atom stereocenters. The first-order valence-corrected chi connectivity index (χ1v) is 14.3. The third-order valence-corrected chi connectivity index (χ3v) is 8.38. The largest absolute Gasteiger partial charge is 0.372 e. The van der Waals surface area contributed by atoms with Crippen LogP contribution in [0.5, 0.6) is 0 Å². The number of carbonyl (C=O) groups is 1. The molecule has 1 aromatic heterocycles. The molecule has 0 bridgehead atoms. The van der Waals surface area contributed by atoms with Crippen LogP contribution in [0.1, 0.15) is 43.4 Å². The topological polar surface area (TPSA) is 66.7 Å². The lowest BCUT2D eigenvalue weighted by Gasteiger charge is -2.28. The highest BCUT2D eigenvalue weighted by Gasteiger charge is 2.32. The Labute approximate surface area is 235 Å². The number of benzene rings is 3. The molecule has 40 heavy (non-hydrogen) atoms. The lowest BCUT2D eigenvalue weighted by Crippen LogP contribution is -2.40. The minimum absolute atomic E-state index is 0.240. The van der Waals surface area contributed by atoms with Crippen molar-refractivity contribution in [3.8, 4) is 0 Å². The maximum absolute atomic E-state index is 13.9. The Morgan fingerprint density at radius 1 is 0.975 bits per heavy atom. The zero-order valence-corrected chi connectivity index (χ0v) is 23.0. The van der Waals surface area contributed by atoms with E-state index in [1.807, 2.05) is 36.4 Å². The van der Waals surface area contributed by atoms with Gasteiger partial charge in [0.1, 0.15) is 5.82 Å². The van der Waals surface area contributed by atoms with Crippen molar-refractivity contribution in [2.45, 2.75) is 32.2 Å². The summed E-state index contributed by atoms with van der Waals surface area (Å²) in [6, 6.07) is 22.6. The molecule has 4 aromatic rings. The Morgan fingerprint density at radius 2 is 1.68 bits per heavy atom. The Balaban J connectivity index is 1.41. The average Bonchev–Trinajstić information content (AvgIpc) is 3.28. The summed E-state index contributed by atoms with van der Waals surface area (Å²) in [5, 5.41) is 2.93. The molecule has 3 aromatic carbocycles. The lowest BCUT2D eigenvalue weighted by molar-refractivity contribution is -0.113. The summed E-state index contributed by atoms with van der Waals surface area (Å²) >= 11 is 1.29. The van der Waals surface area contributed by atoms with Gasteiger partial charge in [0, 0.05) is 24.5 Å². The molecule has 0 saturated carbocycles. The van der Waals surface area contributed by atoms with Gasteiger partial charge in [0.05, 0.1) is 21.8 Å². The third-order valence-electron chi connectivity index (χ3n) is 7.40. The highest BCUT2D eigenvalue weighted by molar-refractivity contribution is 7.07. The second-order valence-corrected chi connectivity index (χ2v) is 11.1. The number of halogens is 1. The van der Waals surface area contributed by atoms with Crippen LogP contribution in [0.25, 0.3) is 6.08 Å². The molecule has 1 amide bonds. The number of hydrogen-bond donors (Lipinski definition) is 1. The molecule has 6 rings (SSSR count). The van der Waals surface area contributed by atoms with Crippen LogP contribution in [0.15, 0.2) is 99.9 Å². The molecule has 3 heterocycles. The van der Waals surface area contributed by atoms with Crippen LogP contribution in [-0.4, -0.2) is 23.6 Å². The normalized spacial score (nSPS) is 17.4. The first-order valence-electron chi connectivity index (χ1n) is 13.5. The molecular formula is C32H29FN4O2S. The number of piperidine rings is 1. The molecular weight excluding hydrogens is 523 g/mol. The molecule has 1 atom stereocenters. The number of nitrogens with one attached hydrogen (secondary N) is 1. The minimum atomic E-state index is -0.746. The van der Waals surface area contributed by atoms with Crippen molar-refractivity contribution >= 4 is 34.7 Å². The van der Waals surface area contributed by atoms with Crippen LogP contribution < -0.4 is 25.1 Å². The van der Waals surface area contributed by atoms with E-state index in [2.05, 4.69) is 27.3 Å². The number of fused-ring (bicyclic) bond motifs is 1. The molecule has 0 radical (unpaired) electrons. The van der Waals surface area contributed by atoms with Crippen LogP contribution in [0.4, 0.5) is 15.8 Å². The zero-order valence-electron chi connectivity index (χ0n) is 22.1. The second-order valence-electron chi connectivity index (χ2n) is 10.1. The van der Waals surface area contributed by atoms with Crippen LogP contribution in [0.2, 0.25) is 0 Å². The van der Waals surface area contributed by atoms with Gasteiger partial charge >= 0.3 is 0 Å². The fraction of sp³-hybridized carbons (Fsp3) is 0.219. The summed E-state index contributed by atoms with van der Waals surface area (Å²) in [5.41, 5.74) is 4.00. The molecule has 0 spiro atoms. The molecule has 1 N–H and O–H groups in total. The van der Waals surface area contributed by atoms with Gasteiger partial charge < -0.3 is 10.2 Å². The van der Waals surface area contributed by atoms with Crippen molar-refractivity contribution in [3.05, 3.63) is 127 Å². The average molecular weight is 553 g/mol. The van der Waals surface area contributed by atoms with Crippen molar-refractivity contribution in [2.75, 3.05) is 23.3 Å². The number of allylic oxidation sites excluding steroid dienone is 1. The molecule has 2 aliphatic heterocycles. The lowest BCUT2D eigenvalue weighted by atomic mass is 9.95. The van der Waals surface area contributed by atoms with Crippen molar-refractivity contribution in [2.24, 2.45) is 4.99 Å². The Bertz CT molecular complexity index is 1750. The quantitative estimate of drug-likeness (QED) is 0.379. The van der Waals surface area contributed by atoms with Crippen molar-refractivity contribution < 1.29 is 9.18 Å². The predicted molar refractivity (Wildman–Crippen MR) is 158 cm³/mol. The number of carbonyl (C=O) groups excluding carboxylic acids is 1. The number of hydrogen-bond acceptors (Lipinski definition) is 5. The summed E-state index contributed by atoms with van der Waals surface area (Å²) in [4.78, 5) is 35.0. The number of nitrogens with zero attached hydrogens (tertiary/aromatic N) is 3. The summed E-state index contributed by atoms with van der Waals surface area (Å²) in [6.45, 7) is 3.91. The standard InChI is InChI=1S/C32H29FN4O2S/c1-21-28(30(38)35-25-8-4-2-5-9-25)29(23-12-14-24(33)15-13-23)37-31(39)27(40-32(37)34-21)20-22-10-16-26(17-11-22)36-18-6-3-7-19-36/h2,4-5,8-17,20,29H,3,6-7,18-19H2,1H3,(H,35,38)/b27-20+/t29-/m0/s1. The molecule has 2 aliphatic rings. The fourth-order valence-corrected chi connectivity index (χ4v) is 6.42. The van der Waals surface area contributed by atoms with Gasteiger partial charge in [-0.05, 0) is 79.8 Å².